The normalized spacial score (nSPS) is 14.7. The van der Waals surface area contributed by atoms with Gasteiger partial charge in [-0.25, -0.2) is 4.98 Å². The lowest BCUT2D eigenvalue weighted by Crippen LogP contribution is -2.30. The number of para-hydroxylation sites is 1. The third-order valence-electron chi connectivity index (χ3n) is 5.34. The molecule has 2 aromatic carbocycles. The van der Waals surface area contributed by atoms with Crippen molar-refractivity contribution in [3.8, 4) is 23.1 Å². The number of benzene rings is 2. The standard InChI is InChI=1S/C23H26N4O3/c1-26(2)11-6-12-27-14-25-23-21(22(27)24)20(16-7-4-5-8-18(16)29-3)17-10-9-15(28)13-19(17)30-23/h4-5,7-10,13-14,20,24,28H,6,11-12H2,1-3H3/t20-/m1/s1. The van der Waals surface area contributed by atoms with Crippen LogP contribution in [-0.2, 0) is 6.54 Å². The molecule has 0 saturated heterocycles. The summed E-state index contributed by atoms with van der Waals surface area (Å²) >= 11 is 0. The molecule has 0 bridgehead atoms. The van der Waals surface area contributed by atoms with Crippen LogP contribution in [0.3, 0.4) is 0 Å². The molecule has 1 aromatic heterocycles. The molecule has 0 saturated carbocycles. The Morgan fingerprint density at radius 3 is 2.77 bits per heavy atom. The molecule has 0 radical (unpaired) electrons. The van der Waals surface area contributed by atoms with Gasteiger partial charge in [0.15, 0.2) is 0 Å². The maximum atomic E-state index is 9.96. The number of fused-ring (bicyclic) bond motifs is 2. The number of hydrogen-bond acceptors (Lipinski definition) is 6. The number of nitrogens with zero attached hydrogens (tertiary/aromatic N) is 3. The van der Waals surface area contributed by atoms with Gasteiger partial charge in [0.05, 0.1) is 18.6 Å². The third-order valence-corrected chi connectivity index (χ3v) is 5.34. The summed E-state index contributed by atoms with van der Waals surface area (Å²) in [5.41, 5.74) is 2.86. The minimum atomic E-state index is -0.290. The van der Waals surface area contributed by atoms with E-state index in [-0.39, 0.29) is 11.7 Å². The van der Waals surface area contributed by atoms with Gasteiger partial charge in [-0.3, -0.25) is 5.41 Å². The molecular weight excluding hydrogens is 380 g/mol. The Labute approximate surface area is 175 Å². The highest BCUT2D eigenvalue weighted by Crippen LogP contribution is 2.47. The Balaban J connectivity index is 1.88. The van der Waals surface area contributed by atoms with E-state index in [1.807, 2.05) is 49.0 Å². The quantitative estimate of drug-likeness (QED) is 0.513. The molecule has 0 unspecified atom stereocenters. The number of aryl methyl sites for hydroxylation is 1. The maximum absolute atomic E-state index is 9.96. The van der Waals surface area contributed by atoms with Crippen molar-refractivity contribution < 1.29 is 14.6 Å². The van der Waals surface area contributed by atoms with Gasteiger partial charge in [0.25, 0.3) is 0 Å². The van der Waals surface area contributed by atoms with Crippen molar-refractivity contribution in [3.63, 3.8) is 0 Å². The maximum Gasteiger partial charge on any atom is 0.228 e. The predicted octanol–water partition coefficient (Wildman–Crippen LogP) is 3.31. The van der Waals surface area contributed by atoms with Crippen molar-refractivity contribution in [2.75, 3.05) is 27.7 Å². The molecule has 1 atom stereocenters. The van der Waals surface area contributed by atoms with Gasteiger partial charge in [0.2, 0.25) is 5.88 Å². The smallest absolute Gasteiger partial charge is 0.228 e. The summed E-state index contributed by atoms with van der Waals surface area (Å²) in [6.45, 7) is 1.62. The van der Waals surface area contributed by atoms with Crippen LogP contribution in [0.1, 0.15) is 29.0 Å². The van der Waals surface area contributed by atoms with E-state index >= 15 is 0 Å². The number of rotatable bonds is 6. The number of methoxy groups -OCH3 is 1. The lowest BCUT2D eigenvalue weighted by atomic mass is 9.83. The topological polar surface area (TPSA) is 83.6 Å². The van der Waals surface area contributed by atoms with Crippen molar-refractivity contribution in [2.45, 2.75) is 18.9 Å². The summed E-state index contributed by atoms with van der Waals surface area (Å²) in [5.74, 6) is 1.49. The first-order valence-electron chi connectivity index (χ1n) is 9.92. The molecule has 0 amide bonds. The number of aromatic hydroxyl groups is 1. The summed E-state index contributed by atoms with van der Waals surface area (Å²) in [7, 11) is 5.72. The van der Waals surface area contributed by atoms with Crippen molar-refractivity contribution in [2.24, 2.45) is 0 Å². The van der Waals surface area contributed by atoms with E-state index < -0.39 is 0 Å². The summed E-state index contributed by atoms with van der Waals surface area (Å²) in [6, 6.07) is 12.9. The van der Waals surface area contributed by atoms with E-state index in [1.54, 1.807) is 25.6 Å². The minimum Gasteiger partial charge on any atom is -0.508 e. The molecule has 3 aromatic rings. The van der Waals surface area contributed by atoms with Gasteiger partial charge in [-0.2, -0.15) is 0 Å². The van der Waals surface area contributed by atoms with Crippen LogP contribution in [0, 0.1) is 5.41 Å². The highest BCUT2D eigenvalue weighted by molar-refractivity contribution is 5.59. The molecule has 2 heterocycles. The average Bonchev–Trinajstić information content (AvgIpc) is 2.73. The van der Waals surface area contributed by atoms with Crippen LogP contribution in [0.4, 0.5) is 0 Å². The number of aromatic nitrogens is 2. The number of nitrogens with one attached hydrogen (secondary N) is 1. The zero-order chi connectivity index (χ0) is 21.3. The number of hydrogen-bond donors (Lipinski definition) is 2. The van der Waals surface area contributed by atoms with Crippen LogP contribution in [0.2, 0.25) is 0 Å². The van der Waals surface area contributed by atoms with Crippen molar-refractivity contribution in [3.05, 3.63) is 71.0 Å². The van der Waals surface area contributed by atoms with Gasteiger partial charge in [0, 0.05) is 23.7 Å². The van der Waals surface area contributed by atoms with Gasteiger partial charge in [-0.05, 0) is 39.2 Å². The molecule has 0 fully saturated rings. The second-order valence-electron chi connectivity index (χ2n) is 7.66. The fourth-order valence-electron chi connectivity index (χ4n) is 3.91. The van der Waals surface area contributed by atoms with Gasteiger partial charge < -0.3 is 24.0 Å². The summed E-state index contributed by atoms with van der Waals surface area (Å²) in [5, 5.41) is 18.9. The Morgan fingerprint density at radius 2 is 2.00 bits per heavy atom. The van der Waals surface area contributed by atoms with Crippen LogP contribution >= 0.6 is 0 Å². The average molecular weight is 406 g/mol. The Morgan fingerprint density at radius 1 is 1.20 bits per heavy atom. The number of phenols is 1. The zero-order valence-corrected chi connectivity index (χ0v) is 17.4. The molecule has 0 spiro atoms. The summed E-state index contributed by atoms with van der Waals surface area (Å²) in [4.78, 5) is 6.65. The van der Waals surface area contributed by atoms with E-state index in [2.05, 4.69) is 9.88 Å². The van der Waals surface area contributed by atoms with E-state index in [0.717, 1.165) is 29.8 Å². The van der Waals surface area contributed by atoms with Crippen molar-refractivity contribution >= 4 is 0 Å². The first kappa shape index (κ1) is 20.0. The highest BCUT2D eigenvalue weighted by Gasteiger charge is 2.33. The van der Waals surface area contributed by atoms with Crippen molar-refractivity contribution in [1.82, 2.24) is 14.5 Å². The highest BCUT2D eigenvalue weighted by atomic mass is 16.5. The number of ether oxygens (including phenoxy) is 2. The van der Waals surface area contributed by atoms with Gasteiger partial charge in [-0.15, -0.1) is 0 Å². The minimum absolute atomic E-state index is 0.122. The van der Waals surface area contributed by atoms with Crippen LogP contribution in [0.5, 0.6) is 23.1 Å². The lowest BCUT2D eigenvalue weighted by Gasteiger charge is -2.29. The molecular formula is C23H26N4O3. The monoisotopic (exact) mass is 406 g/mol. The fourth-order valence-corrected chi connectivity index (χ4v) is 3.91. The molecule has 2 N–H and O–H groups in total. The summed E-state index contributed by atoms with van der Waals surface area (Å²) in [6.07, 6.45) is 2.57. The van der Waals surface area contributed by atoms with Gasteiger partial charge in [-0.1, -0.05) is 24.3 Å². The van der Waals surface area contributed by atoms with Crippen LogP contribution in [-0.4, -0.2) is 47.3 Å². The van der Waals surface area contributed by atoms with Gasteiger partial charge in [0.1, 0.15) is 29.1 Å². The first-order valence-corrected chi connectivity index (χ1v) is 9.92. The molecule has 30 heavy (non-hydrogen) atoms. The molecule has 156 valence electrons. The van der Waals surface area contributed by atoms with Crippen LogP contribution < -0.4 is 15.0 Å². The second kappa shape index (κ2) is 8.20. The molecule has 1 aliphatic rings. The molecule has 0 aliphatic carbocycles. The summed E-state index contributed by atoms with van der Waals surface area (Å²) < 4.78 is 13.5. The molecule has 1 aliphatic heterocycles. The van der Waals surface area contributed by atoms with Gasteiger partial charge >= 0.3 is 0 Å². The molecule has 4 rings (SSSR count). The second-order valence-corrected chi connectivity index (χ2v) is 7.66. The van der Waals surface area contributed by atoms with E-state index in [9.17, 15) is 5.11 Å². The Kier molecular flexibility index (Phi) is 5.46. The van der Waals surface area contributed by atoms with E-state index in [1.165, 1.54) is 0 Å². The number of phenolic OH excluding ortho intramolecular Hbond substituents is 1. The van der Waals surface area contributed by atoms with Crippen LogP contribution in [0.15, 0.2) is 48.8 Å². The predicted molar refractivity (Wildman–Crippen MR) is 113 cm³/mol. The molecule has 7 nitrogen and oxygen atoms in total. The Hall–Kier alpha value is -3.32. The van der Waals surface area contributed by atoms with E-state index in [0.29, 0.717) is 29.2 Å². The molecule has 7 heteroatoms. The largest absolute Gasteiger partial charge is 0.508 e. The first-order chi connectivity index (χ1) is 14.5. The van der Waals surface area contributed by atoms with Crippen molar-refractivity contribution in [1.29, 1.82) is 5.41 Å². The Bertz CT molecular complexity index is 1120. The SMILES string of the molecule is COc1ccccc1[C@@H]1c2ccc(O)cc2Oc2ncn(CCCN(C)C)c(=N)c21. The van der Waals surface area contributed by atoms with Crippen LogP contribution in [0.25, 0.3) is 0 Å². The third kappa shape index (κ3) is 3.64. The lowest BCUT2D eigenvalue weighted by molar-refractivity contribution is 0.377. The zero-order valence-electron chi connectivity index (χ0n) is 17.4. The fraction of sp³-hybridized carbons (Fsp3) is 0.304. The van der Waals surface area contributed by atoms with E-state index in [4.69, 9.17) is 14.9 Å².